The van der Waals surface area contributed by atoms with Gasteiger partial charge >= 0.3 is 6.18 Å². The highest BCUT2D eigenvalue weighted by Gasteiger charge is 2.29. The van der Waals surface area contributed by atoms with E-state index in [9.17, 15) is 13.2 Å². The maximum absolute atomic E-state index is 12.7. The summed E-state index contributed by atoms with van der Waals surface area (Å²) in [6.07, 6.45) is -0.587. The first-order valence-corrected chi connectivity index (χ1v) is 10.1. The first kappa shape index (κ1) is 25.7. The predicted molar refractivity (Wildman–Crippen MR) is 131 cm³/mol. The van der Waals surface area contributed by atoms with Crippen LogP contribution in [0.4, 0.5) is 13.2 Å². The van der Waals surface area contributed by atoms with Crippen LogP contribution in [0.1, 0.15) is 35.0 Å². The van der Waals surface area contributed by atoms with Crippen molar-refractivity contribution in [3.05, 3.63) is 89.0 Å². The minimum absolute atomic E-state index is 0. The van der Waals surface area contributed by atoms with Crippen molar-refractivity contribution in [2.75, 3.05) is 6.54 Å². The maximum Gasteiger partial charge on any atom is 0.416 e. The first-order chi connectivity index (χ1) is 14.8. The summed E-state index contributed by atoms with van der Waals surface area (Å²) in [5, 5.41) is 6.33. The van der Waals surface area contributed by atoms with Crippen LogP contribution in [0, 0.1) is 6.92 Å². The molecule has 2 aromatic carbocycles. The molecule has 1 aromatic heterocycles. The van der Waals surface area contributed by atoms with Gasteiger partial charge in [0.2, 0.25) is 0 Å². The molecular formula is C23H27F3IN5. The van der Waals surface area contributed by atoms with Crippen LogP contribution in [0.25, 0.3) is 0 Å². The van der Waals surface area contributed by atoms with E-state index in [0.717, 1.165) is 41.2 Å². The van der Waals surface area contributed by atoms with Gasteiger partial charge in [-0.1, -0.05) is 36.4 Å². The smallest absolute Gasteiger partial charge is 0.357 e. The van der Waals surface area contributed by atoms with E-state index in [1.54, 1.807) is 6.20 Å². The number of guanidine groups is 1. The molecule has 0 atom stereocenters. The fraction of sp³-hybridized carbons (Fsp3) is 0.304. The van der Waals surface area contributed by atoms with E-state index in [2.05, 4.69) is 37.3 Å². The fourth-order valence-corrected chi connectivity index (χ4v) is 3.10. The Balaban J connectivity index is 0.00000363. The van der Waals surface area contributed by atoms with Gasteiger partial charge in [0.25, 0.3) is 0 Å². The largest absolute Gasteiger partial charge is 0.416 e. The Labute approximate surface area is 203 Å². The third-order valence-electron chi connectivity index (χ3n) is 4.77. The molecule has 9 heteroatoms. The van der Waals surface area contributed by atoms with Gasteiger partial charge in [-0.05, 0) is 42.7 Å². The van der Waals surface area contributed by atoms with Crippen LogP contribution in [0.5, 0.6) is 0 Å². The number of hydrogen-bond acceptors (Lipinski definition) is 2. The summed E-state index contributed by atoms with van der Waals surface area (Å²) >= 11 is 0. The fourth-order valence-electron chi connectivity index (χ4n) is 3.10. The van der Waals surface area contributed by atoms with E-state index in [0.29, 0.717) is 25.6 Å². The van der Waals surface area contributed by atoms with Crippen molar-refractivity contribution in [2.45, 2.75) is 39.7 Å². The van der Waals surface area contributed by atoms with E-state index >= 15 is 0 Å². The van der Waals surface area contributed by atoms with Crippen molar-refractivity contribution in [3.63, 3.8) is 0 Å². The third-order valence-corrected chi connectivity index (χ3v) is 4.77. The molecule has 0 saturated carbocycles. The van der Waals surface area contributed by atoms with Gasteiger partial charge < -0.3 is 15.2 Å². The second-order valence-corrected chi connectivity index (χ2v) is 7.17. The Morgan fingerprint density at radius 3 is 2.38 bits per heavy atom. The highest BCUT2D eigenvalue weighted by atomic mass is 127. The lowest BCUT2D eigenvalue weighted by atomic mass is 10.1. The number of rotatable bonds is 7. The van der Waals surface area contributed by atoms with Gasteiger partial charge in [0.05, 0.1) is 12.1 Å². The van der Waals surface area contributed by atoms with E-state index < -0.39 is 11.7 Å². The highest BCUT2D eigenvalue weighted by Crippen LogP contribution is 2.29. The Bertz CT molecular complexity index is 1010. The van der Waals surface area contributed by atoms with E-state index in [-0.39, 0.29) is 24.0 Å². The molecule has 3 aromatic rings. The quantitative estimate of drug-likeness (QED) is 0.241. The summed E-state index contributed by atoms with van der Waals surface area (Å²) in [7, 11) is 0. The zero-order chi connectivity index (χ0) is 22.3. The number of imidazole rings is 1. The van der Waals surface area contributed by atoms with Crippen molar-refractivity contribution in [3.8, 4) is 0 Å². The van der Waals surface area contributed by atoms with E-state index in [4.69, 9.17) is 0 Å². The molecule has 0 bridgehead atoms. The van der Waals surface area contributed by atoms with E-state index in [1.165, 1.54) is 12.1 Å². The lowest BCUT2D eigenvalue weighted by Gasteiger charge is -2.13. The molecule has 0 aliphatic heterocycles. The lowest BCUT2D eigenvalue weighted by molar-refractivity contribution is -0.137. The molecule has 0 spiro atoms. The Hall–Kier alpha value is -2.56. The molecule has 0 unspecified atom stereocenters. The van der Waals surface area contributed by atoms with Crippen LogP contribution >= 0.6 is 24.0 Å². The zero-order valence-corrected chi connectivity index (χ0v) is 20.3. The van der Waals surface area contributed by atoms with Gasteiger partial charge in [-0.15, -0.1) is 24.0 Å². The van der Waals surface area contributed by atoms with Crippen LogP contribution in [0.2, 0.25) is 0 Å². The van der Waals surface area contributed by atoms with Gasteiger partial charge in [-0.3, -0.25) is 0 Å². The molecule has 172 valence electrons. The monoisotopic (exact) mass is 557 g/mol. The standard InChI is InChI=1S/C23H26F3N5.HI/c1-3-27-22(29-14-18-7-9-21(10-8-18)23(24,25)26)30-15-19-5-4-6-20(13-19)16-31-12-11-28-17(31)2;/h4-13H,3,14-16H2,1-2H3,(H2,27,29,30);1H. The van der Waals surface area contributed by atoms with Gasteiger partial charge in [0.15, 0.2) is 5.96 Å². The average Bonchev–Trinajstić information content (AvgIpc) is 3.14. The molecule has 0 aliphatic carbocycles. The SMILES string of the molecule is CCNC(=NCc1cccc(Cn2ccnc2C)c1)NCc1ccc(C(F)(F)F)cc1.I. The number of halogens is 4. The summed E-state index contributed by atoms with van der Waals surface area (Å²) in [6.45, 7) is 6.22. The van der Waals surface area contributed by atoms with Crippen LogP contribution in [0.3, 0.4) is 0 Å². The number of hydrogen-bond donors (Lipinski definition) is 2. The van der Waals surface area contributed by atoms with Crippen LogP contribution < -0.4 is 10.6 Å². The molecule has 0 radical (unpaired) electrons. The van der Waals surface area contributed by atoms with Crippen molar-refractivity contribution >= 4 is 29.9 Å². The van der Waals surface area contributed by atoms with E-state index in [1.807, 2.05) is 32.2 Å². The molecule has 0 fully saturated rings. The molecular weight excluding hydrogens is 530 g/mol. The molecule has 32 heavy (non-hydrogen) atoms. The number of nitrogens with zero attached hydrogens (tertiary/aromatic N) is 3. The summed E-state index contributed by atoms with van der Waals surface area (Å²) in [4.78, 5) is 8.85. The second kappa shape index (κ2) is 11.9. The average molecular weight is 557 g/mol. The summed E-state index contributed by atoms with van der Waals surface area (Å²) in [5.41, 5.74) is 2.33. The number of aliphatic imine (C=N–C) groups is 1. The minimum Gasteiger partial charge on any atom is -0.357 e. The summed E-state index contributed by atoms with van der Waals surface area (Å²) in [6, 6.07) is 13.3. The van der Waals surface area contributed by atoms with Gasteiger partial charge in [-0.2, -0.15) is 13.2 Å². The van der Waals surface area contributed by atoms with Crippen molar-refractivity contribution in [1.82, 2.24) is 20.2 Å². The molecule has 3 rings (SSSR count). The summed E-state index contributed by atoms with van der Waals surface area (Å²) < 4.78 is 40.2. The number of aryl methyl sites for hydroxylation is 1. The molecule has 0 amide bonds. The van der Waals surface area contributed by atoms with Crippen molar-refractivity contribution in [2.24, 2.45) is 4.99 Å². The molecule has 1 heterocycles. The van der Waals surface area contributed by atoms with Crippen LogP contribution in [0.15, 0.2) is 65.9 Å². The predicted octanol–water partition coefficient (Wildman–Crippen LogP) is 5.13. The molecule has 2 N–H and O–H groups in total. The van der Waals surface area contributed by atoms with Crippen molar-refractivity contribution < 1.29 is 13.2 Å². The van der Waals surface area contributed by atoms with Crippen LogP contribution in [-0.4, -0.2) is 22.1 Å². The highest BCUT2D eigenvalue weighted by molar-refractivity contribution is 14.0. The third kappa shape index (κ3) is 7.54. The number of benzene rings is 2. The normalized spacial score (nSPS) is 11.7. The van der Waals surface area contributed by atoms with Gasteiger partial charge in [0, 0.05) is 32.0 Å². The number of alkyl halides is 3. The second-order valence-electron chi connectivity index (χ2n) is 7.17. The maximum atomic E-state index is 12.7. The zero-order valence-electron chi connectivity index (χ0n) is 18.0. The Morgan fingerprint density at radius 2 is 1.75 bits per heavy atom. The first-order valence-electron chi connectivity index (χ1n) is 10.1. The molecule has 0 saturated heterocycles. The minimum atomic E-state index is -4.33. The lowest BCUT2D eigenvalue weighted by Crippen LogP contribution is -2.36. The molecule has 0 aliphatic rings. The van der Waals surface area contributed by atoms with Gasteiger partial charge in [0.1, 0.15) is 5.82 Å². The summed E-state index contributed by atoms with van der Waals surface area (Å²) in [5.74, 6) is 1.57. The van der Waals surface area contributed by atoms with Crippen LogP contribution in [-0.2, 0) is 25.8 Å². The number of nitrogens with one attached hydrogen (secondary N) is 2. The van der Waals surface area contributed by atoms with Gasteiger partial charge in [-0.25, -0.2) is 9.98 Å². The number of aromatic nitrogens is 2. The topological polar surface area (TPSA) is 54.2 Å². The molecule has 5 nitrogen and oxygen atoms in total. The van der Waals surface area contributed by atoms with Crippen molar-refractivity contribution in [1.29, 1.82) is 0 Å². The Morgan fingerprint density at radius 1 is 1.03 bits per heavy atom. The Kier molecular flexibility index (Phi) is 9.55.